The first-order valence-corrected chi connectivity index (χ1v) is 15.7. The lowest BCUT2D eigenvalue weighted by Crippen LogP contribution is -2.60. The van der Waals surface area contributed by atoms with E-state index >= 15 is 0 Å². The minimum Gasteiger partial charge on any atom is -0.184 e. The van der Waals surface area contributed by atoms with Crippen molar-refractivity contribution in [3.05, 3.63) is 132 Å². The summed E-state index contributed by atoms with van der Waals surface area (Å²) in [7, 11) is 0. The summed E-state index contributed by atoms with van der Waals surface area (Å²) in [5.74, 6) is 0. The van der Waals surface area contributed by atoms with Crippen LogP contribution in [0.5, 0.6) is 0 Å². The van der Waals surface area contributed by atoms with Gasteiger partial charge in [-0.3, -0.25) is 0 Å². The molecule has 0 bridgehead atoms. The van der Waals surface area contributed by atoms with Gasteiger partial charge in [0.25, 0.3) is 11.1 Å². The fourth-order valence-corrected chi connectivity index (χ4v) is 9.57. The van der Waals surface area contributed by atoms with Crippen molar-refractivity contribution in [2.24, 2.45) is 0 Å². The maximum absolute atomic E-state index is 2.74. The van der Waals surface area contributed by atoms with Crippen LogP contribution in [-0.2, 0) is 21.9 Å². The van der Waals surface area contributed by atoms with E-state index in [1.54, 1.807) is 0 Å². The maximum Gasteiger partial charge on any atom is 0.275 e. The van der Waals surface area contributed by atoms with Crippen molar-refractivity contribution in [3.8, 4) is 33.6 Å². The Morgan fingerprint density at radius 1 is 0.667 bits per heavy atom. The Kier molecular flexibility index (Phi) is 5.06. The highest BCUT2D eigenvalue weighted by Crippen LogP contribution is 2.80. The quantitative estimate of drug-likeness (QED) is 0.200. The van der Waals surface area contributed by atoms with Crippen molar-refractivity contribution in [1.29, 1.82) is 0 Å². The van der Waals surface area contributed by atoms with Crippen molar-refractivity contribution < 1.29 is 9.13 Å². The number of nitrogens with zero attached hydrogens (tertiary/aromatic N) is 2. The summed E-state index contributed by atoms with van der Waals surface area (Å²) in [6.07, 6.45) is 7.00. The highest BCUT2D eigenvalue weighted by molar-refractivity contribution is 5.81. The Hall–Kier alpha value is -4.04. The first kappa shape index (κ1) is 25.7. The Morgan fingerprint density at radius 2 is 1.43 bits per heavy atom. The average molecular weight is 549 g/mol. The van der Waals surface area contributed by atoms with Crippen molar-refractivity contribution >= 4 is 0 Å². The molecular weight excluding hydrogens is 508 g/mol. The van der Waals surface area contributed by atoms with Gasteiger partial charge in [-0.1, -0.05) is 95.3 Å². The van der Waals surface area contributed by atoms with Crippen LogP contribution < -0.4 is 9.13 Å². The second-order valence-corrected chi connectivity index (χ2v) is 13.7. The monoisotopic (exact) mass is 548 g/mol. The lowest BCUT2D eigenvalue weighted by atomic mass is 9.78. The zero-order valence-corrected chi connectivity index (χ0v) is 25.7. The molecule has 0 saturated heterocycles. The number of hydrogen-bond donors (Lipinski definition) is 0. The Labute approximate surface area is 250 Å². The second kappa shape index (κ2) is 8.28. The minimum absolute atomic E-state index is 0.0472. The molecule has 3 aromatic carbocycles. The normalized spacial score (nSPS) is 24.4. The van der Waals surface area contributed by atoms with Gasteiger partial charge in [-0.25, -0.2) is 0 Å². The molecule has 2 nitrogen and oxygen atoms in total. The van der Waals surface area contributed by atoms with Crippen molar-refractivity contribution in [3.63, 3.8) is 0 Å². The average Bonchev–Trinajstić information content (AvgIpc) is 3.47. The lowest BCUT2D eigenvalue weighted by Gasteiger charge is -2.26. The van der Waals surface area contributed by atoms with Gasteiger partial charge in [0.1, 0.15) is 5.41 Å². The summed E-state index contributed by atoms with van der Waals surface area (Å²) in [6.45, 7) is 14.2. The number of pyridine rings is 2. The van der Waals surface area contributed by atoms with Crippen molar-refractivity contribution in [2.45, 2.75) is 76.3 Å². The molecular formula is C40H40N2+2. The molecule has 3 unspecified atom stereocenters. The molecule has 0 amide bonds. The molecule has 3 atom stereocenters. The first-order chi connectivity index (χ1) is 20.3. The van der Waals surface area contributed by atoms with Crippen LogP contribution in [0, 0.1) is 6.92 Å². The van der Waals surface area contributed by atoms with Gasteiger partial charge in [-0.05, 0) is 59.7 Å². The molecule has 1 fully saturated rings. The van der Waals surface area contributed by atoms with Crippen LogP contribution in [0.3, 0.4) is 0 Å². The summed E-state index contributed by atoms with van der Waals surface area (Å²) in [4.78, 5) is 0. The van der Waals surface area contributed by atoms with Crippen LogP contribution in [0.1, 0.15) is 69.7 Å². The molecule has 0 N–H and O–H groups in total. The third-order valence-corrected chi connectivity index (χ3v) is 11.1. The molecule has 1 spiro atoms. The second-order valence-electron chi connectivity index (χ2n) is 13.7. The van der Waals surface area contributed by atoms with Gasteiger partial charge in [0.15, 0.2) is 12.4 Å². The highest BCUT2D eigenvalue weighted by Gasteiger charge is 3.03. The van der Waals surface area contributed by atoms with Gasteiger partial charge < -0.3 is 0 Å². The molecule has 1 aliphatic carbocycles. The van der Waals surface area contributed by atoms with E-state index in [0.29, 0.717) is 0 Å². The SMILES string of the molecule is CCC12c3ccccc3-c3c(C)ccc[n+]3C1(CC)C21c2ccc(-c3ccccc3)cc2-c2ccc(C(C)(C)C)c[n+]21. The summed E-state index contributed by atoms with van der Waals surface area (Å²) >= 11 is 0. The molecule has 42 heavy (non-hydrogen) atoms. The predicted octanol–water partition coefficient (Wildman–Crippen LogP) is 8.41. The van der Waals surface area contributed by atoms with E-state index in [4.69, 9.17) is 0 Å². The van der Waals surface area contributed by atoms with E-state index in [2.05, 4.69) is 160 Å². The number of benzene rings is 3. The summed E-state index contributed by atoms with van der Waals surface area (Å²) in [5.41, 5.74) is 13.3. The van der Waals surface area contributed by atoms with Gasteiger partial charge in [-0.15, -0.1) is 0 Å². The topological polar surface area (TPSA) is 7.76 Å². The number of aryl methyl sites for hydroxylation is 1. The van der Waals surface area contributed by atoms with E-state index in [1.807, 2.05) is 0 Å². The standard InChI is InChI=1S/C40H40N2/c1-7-38-33-19-13-12-18-31(33)36-27(3)15-14-24-41(36)39(38,8-2)40(38)34-22-20-29(28-16-10-9-11-17-28)25-32(34)35-23-21-30(26-42(35)40)37(4,5)6/h9-26H,7-8H2,1-6H3/q+2. The minimum atomic E-state index is -0.246. The number of rotatable bonds is 3. The molecule has 0 radical (unpaired) electrons. The van der Waals surface area contributed by atoms with Crippen LogP contribution in [0.25, 0.3) is 33.6 Å². The molecule has 4 heterocycles. The van der Waals surface area contributed by atoms with E-state index in [1.165, 1.54) is 55.9 Å². The molecule has 8 rings (SSSR count). The smallest absolute Gasteiger partial charge is 0.184 e. The molecule has 5 aromatic rings. The fourth-order valence-electron chi connectivity index (χ4n) is 9.57. The van der Waals surface area contributed by atoms with Crippen LogP contribution in [0.15, 0.2) is 109 Å². The van der Waals surface area contributed by atoms with Gasteiger partial charge in [0.05, 0.1) is 11.1 Å². The van der Waals surface area contributed by atoms with E-state index in [-0.39, 0.29) is 21.9 Å². The van der Waals surface area contributed by atoms with Crippen molar-refractivity contribution in [2.75, 3.05) is 0 Å². The lowest BCUT2D eigenvalue weighted by molar-refractivity contribution is -0.799. The Balaban J connectivity index is 1.54. The molecule has 3 aliphatic rings. The molecule has 2 aliphatic heterocycles. The largest absolute Gasteiger partial charge is 0.275 e. The summed E-state index contributed by atoms with van der Waals surface area (Å²) in [5, 5.41) is 0. The Bertz CT molecular complexity index is 1910. The summed E-state index contributed by atoms with van der Waals surface area (Å²) in [6, 6.07) is 36.8. The number of fused-ring (bicyclic) bond motifs is 13. The van der Waals surface area contributed by atoms with Gasteiger partial charge in [-0.2, -0.15) is 9.13 Å². The maximum atomic E-state index is 2.74. The van der Waals surface area contributed by atoms with Crippen LogP contribution in [0.4, 0.5) is 0 Å². The van der Waals surface area contributed by atoms with Gasteiger partial charge in [0, 0.05) is 35.2 Å². The van der Waals surface area contributed by atoms with Crippen LogP contribution in [-0.4, -0.2) is 0 Å². The molecule has 208 valence electrons. The van der Waals surface area contributed by atoms with E-state index in [9.17, 15) is 0 Å². The van der Waals surface area contributed by atoms with E-state index < -0.39 is 0 Å². The number of hydrogen-bond acceptors (Lipinski definition) is 0. The molecule has 1 saturated carbocycles. The van der Waals surface area contributed by atoms with E-state index in [0.717, 1.165) is 12.8 Å². The van der Waals surface area contributed by atoms with Gasteiger partial charge >= 0.3 is 0 Å². The zero-order chi connectivity index (χ0) is 29.1. The Morgan fingerprint density at radius 3 is 2.17 bits per heavy atom. The van der Waals surface area contributed by atoms with Crippen LogP contribution in [0.2, 0.25) is 0 Å². The van der Waals surface area contributed by atoms with Crippen LogP contribution >= 0.6 is 0 Å². The molecule has 2 heteroatoms. The zero-order valence-electron chi connectivity index (χ0n) is 25.7. The number of aromatic nitrogens is 2. The molecule has 2 aromatic heterocycles. The van der Waals surface area contributed by atoms with Gasteiger partial charge in [0.2, 0.25) is 11.4 Å². The third kappa shape index (κ3) is 2.68. The third-order valence-electron chi connectivity index (χ3n) is 11.1. The first-order valence-electron chi connectivity index (χ1n) is 15.7. The highest BCUT2D eigenvalue weighted by atomic mass is 15.3. The summed E-state index contributed by atoms with van der Waals surface area (Å²) < 4.78 is 5.44. The predicted molar refractivity (Wildman–Crippen MR) is 170 cm³/mol. The van der Waals surface area contributed by atoms with Crippen molar-refractivity contribution in [1.82, 2.24) is 0 Å². The fraction of sp³-hybridized carbons (Fsp3) is 0.300.